The number of amides is 1. The van der Waals surface area contributed by atoms with Crippen molar-refractivity contribution < 1.29 is 4.79 Å². The fourth-order valence-corrected chi connectivity index (χ4v) is 4.66. The summed E-state index contributed by atoms with van der Waals surface area (Å²) >= 11 is 0. The van der Waals surface area contributed by atoms with Crippen molar-refractivity contribution in [2.45, 2.75) is 64.0 Å². The van der Waals surface area contributed by atoms with Crippen molar-refractivity contribution in [3.8, 4) is 0 Å². The van der Waals surface area contributed by atoms with Crippen molar-refractivity contribution in [3.63, 3.8) is 0 Å². The van der Waals surface area contributed by atoms with Crippen LogP contribution in [0, 0.1) is 5.92 Å². The lowest BCUT2D eigenvalue weighted by atomic mass is 9.83. The van der Waals surface area contributed by atoms with E-state index in [0.29, 0.717) is 24.9 Å². The molecule has 27 heavy (non-hydrogen) atoms. The van der Waals surface area contributed by atoms with Crippen LogP contribution in [0.4, 0.5) is 0 Å². The molecular formula is C21H31N5O. The average Bonchev–Trinajstić information content (AvgIpc) is 3.12. The normalized spacial score (nSPS) is 24.1. The van der Waals surface area contributed by atoms with Crippen LogP contribution in [0.1, 0.15) is 51.4 Å². The van der Waals surface area contributed by atoms with Gasteiger partial charge in [0.05, 0.1) is 12.1 Å². The summed E-state index contributed by atoms with van der Waals surface area (Å²) in [5.41, 5.74) is 1.87. The van der Waals surface area contributed by atoms with Gasteiger partial charge in [-0.05, 0) is 56.8 Å². The van der Waals surface area contributed by atoms with Gasteiger partial charge in [-0.25, -0.2) is 4.68 Å². The Bertz CT molecular complexity index is 752. The Balaban J connectivity index is 1.30. The Morgan fingerprint density at radius 1 is 1.07 bits per heavy atom. The molecule has 0 bridgehead atoms. The van der Waals surface area contributed by atoms with Gasteiger partial charge in [-0.15, -0.1) is 5.10 Å². The molecule has 1 N–H and O–H groups in total. The van der Waals surface area contributed by atoms with E-state index in [2.05, 4.69) is 20.5 Å². The van der Waals surface area contributed by atoms with Gasteiger partial charge < -0.3 is 10.2 Å². The Kier molecular flexibility index (Phi) is 6.02. The van der Waals surface area contributed by atoms with Crippen molar-refractivity contribution in [2.24, 2.45) is 5.92 Å². The molecule has 1 aromatic heterocycles. The van der Waals surface area contributed by atoms with Crippen LogP contribution < -0.4 is 5.32 Å². The number of aryl methyl sites for hydroxylation is 1. The van der Waals surface area contributed by atoms with E-state index in [4.69, 9.17) is 0 Å². The van der Waals surface area contributed by atoms with Crippen LogP contribution in [0.25, 0.3) is 11.0 Å². The summed E-state index contributed by atoms with van der Waals surface area (Å²) in [6.07, 6.45) is 9.39. The first kappa shape index (κ1) is 18.4. The summed E-state index contributed by atoms with van der Waals surface area (Å²) in [6, 6.07) is 8.23. The zero-order valence-corrected chi connectivity index (χ0v) is 16.1. The maximum Gasteiger partial charge on any atom is 0.222 e. The van der Waals surface area contributed by atoms with E-state index < -0.39 is 0 Å². The van der Waals surface area contributed by atoms with E-state index in [0.717, 1.165) is 24.0 Å². The summed E-state index contributed by atoms with van der Waals surface area (Å²) < 4.78 is 1.83. The summed E-state index contributed by atoms with van der Waals surface area (Å²) in [7, 11) is 0. The highest BCUT2D eigenvalue weighted by molar-refractivity contribution is 5.77. The number of piperidine rings is 1. The number of carbonyl (C=O) groups excluding carboxylic acids is 1. The lowest BCUT2D eigenvalue weighted by Gasteiger charge is -2.37. The number of benzene rings is 1. The maximum atomic E-state index is 12.6. The number of nitrogens with one attached hydrogen (secondary N) is 1. The lowest BCUT2D eigenvalue weighted by molar-refractivity contribution is -0.122. The first-order valence-electron chi connectivity index (χ1n) is 10.6. The van der Waals surface area contributed by atoms with Gasteiger partial charge in [-0.1, -0.05) is 36.6 Å². The summed E-state index contributed by atoms with van der Waals surface area (Å²) in [5.74, 6) is 0.748. The van der Waals surface area contributed by atoms with Gasteiger partial charge in [-0.2, -0.15) is 0 Å². The predicted molar refractivity (Wildman–Crippen MR) is 106 cm³/mol. The van der Waals surface area contributed by atoms with Crippen molar-refractivity contribution in [2.75, 3.05) is 19.6 Å². The van der Waals surface area contributed by atoms with Crippen LogP contribution in [0.2, 0.25) is 0 Å². The number of likely N-dealkylation sites (tertiary alicyclic amines) is 1. The van der Waals surface area contributed by atoms with Gasteiger partial charge in [0.25, 0.3) is 0 Å². The molecule has 1 aromatic carbocycles. The quantitative estimate of drug-likeness (QED) is 0.850. The largest absolute Gasteiger partial charge is 0.353 e. The Labute approximate surface area is 161 Å². The minimum absolute atomic E-state index is 0.144. The highest BCUT2D eigenvalue weighted by Gasteiger charge is 2.28. The second kappa shape index (κ2) is 8.83. The second-order valence-corrected chi connectivity index (χ2v) is 8.13. The molecule has 2 fully saturated rings. The summed E-state index contributed by atoms with van der Waals surface area (Å²) in [6.45, 7) is 4.20. The molecule has 1 saturated carbocycles. The molecule has 6 heteroatoms. The van der Waals surface area contributed by atoms with Crippen LogP contribution in [-0.4, -0.2) is 51.5 Å². The van der Waals surface area contributed by atoms with Gasteiger partial charge >= 0.3 is 0 Å². The molecule has 1 aliphatic carbocycles. The Hall–Kier alpha value is -1.95. The molecule has 2 heterocycles. The van der Waals surface area contributed by atoms with Crippen LogP contribution in [0.5, 0.6) is 0 Å². The van der Waals surface area contributed by atoms with Crippen molar-refractivity contribution in [1.82, 2.24) is 25.2 Å². The first-order valence-corrected chi connectivity index (χ1v) is 10.6. The standard InChI is InChI=1S/C21H31N5O/c27-21(12-15-26-20-11-5-4-10-19(20)23-24-26)22-18-9-3-2-8-17(18)16-25-13-6-1-7-14-25/h4-5,10-11,17-18H,1-3,6-9,12-16H2,(H,22,27)/t17-,18+/m0/s1. The van der Waals surface area contributed by atoms with Gasteiger partial charge in [-0.3, -0.25) is 4.79 Å². The van der Waals surface area contributed by atoms with Gasteiger partial charge in [0.1, 0.15) is 5.52 Å². The smallest absolute Gasteiger partial charge is 0.222 e. The SMILES string of the molecule is O=C(CCn1nnc2ccccc21)N[C@@H]1CCCC[C@H]1CN1CCCCC1. The number of fused-ring (bicyclic) bond motifs is 1. The molecule has 1 saturated heterocycles. The maximum absolute atomic E-state index is 12.6. The third-order valence-electron chi connectivity index (χ3n) is 6.17. The fourth-order valence-electron chi connectivity index (χ4n) is 4.66. The number of carbonyl (C=O) groups is 1. The molecule has 1 amide bonds. The molecule has 0 spiro atoms. The topological polar surface area (TPSA) is 63.1 Å². The minimum atomic E-state index is 0.144. The van der Waals surface area contributed by atoms with E-state index in [9.17, 15) is 4.79 Å². The van der Waals surface area contributed by atoms with Gasteiger partial charge in [0, 0.05) is 19.0 Å². The van der Waals surface area contributed by atoms with Crippen molar-refractivity contribution in [3.05, 3.63) is 24.3 Å². The van der Waals surface area contributed by atoms with Gasteiger partial charge in [0.15, 0.2) is 0 Å². The highest BCUT2D eigenvalue weighted by Crippen LogP contribution is 2.26. The molecule has 0 unspecified atom stereocenters. The average molecular weight is 370 g/mol. The van der Waals surface area contributed by atoms with E-state index in [1.807, 2.05) is 28.9 Å². The molecule has 0 radical (unpaired) electrons. The fraction of sp³-hybridized carbons (Fsp3) is 0.667. The predicted octanol–water partition coefficient (Wildman–Crippen LogP) is 2.98. The van der Waals surface area contributed by atoms with Crippen molar-refractivity contribution in [1.29, 1.82) is 0 Å². The molecule has 1 aliphatic heterocycles. The van der Waals surface area contributed by atoms with Gasteiger partial charge in [0.2, 0.25) is 5.91 Å². The van der Waals surface area contributed by atoms with Crippen LogP contribution >= 0.6 is 0 Å². The van der Waals surface area contributed by atoms with Crippen LogP contribution in [0.15, 0.2) is 24.3 Å². The molecule has 2 atom stereocenters. The minimum Gasteiger partial charge on any atom is -0.353 e. The lowest BCUT2D eigenvalue weighted by Crippen LogP contribution is -2.47. The summed E-state index contributed by atoms with van der Waals surface area (Å²) in [5, 5.41) is 11.7. The number of hydrogen-bond donors (Lipinski definition) is 1. The van der Waals surface area contributed by atoms with E-state index in [1.165, 1.54) is 51.6 Å². The number of aromatic nitrogens is 3. The molecule has 6 nitrogen and oxygen atoms in total. The van der Waals surface area contributed by atoms with E-state index in [-0.39, 0.29) is 5.91 Å². The Morgan fingerprint density at radius 3 is 2.78 bits per heavy atom. The Morgan fingerprint density at radius 2 is 1.89 bits per heavy atom. The number of hydrogen-bond acceptors (Lipinski definition) is 4. The molecule has 2 aliphatic rings. The molecule has 4 rings (SSSR count). The third kappa shape index (κ3) is 4.67. The first-order chi connectivity index (χ1) is 13.3. The number of para-hydroxylation sites is 1. The molecule has 146 valence electrons. The third-order valence-corrected chi connectivity index (χ3v) is 6.17. The zero-order chi connectivity index (χ0) is 18.5. The highest BCUT2D eigenvalue weighted by atomic mass is 16.1. The zero-order valence-electron chi connectivity index (χ0n) is 16.1. The number of rotatable bonds is 6. The van der Waals surface area contributed by atoms with E-state index >= 15 is 0 Å². The number of nitrogens with zero attached hydrogens (tertiary/aromatic N) is 4. The van der Waals surface area contributed by atoms with E-state index in [1.54, 1.807) is 0 Å². The second-order valence-electron chi connectivity index (χ2n) is 8.13. The van der Waals surface area contributed by atoms with Crippen LogP contribution in [-0.2, 0) is 11.3 Å². The monoisotopic (exact) mass is 369 g/mol. The summed E-state index contributed by atoms with van der Waals surface area (Å²) in [4.78, 5) is 15.2. The van der Waals surface area contributed by atoms with Crippen molar-refractivity contribution >= 4 is 16.9 Å². The molecular weight excluding hydrogens is 338 g/mol. The van der Waals surface area contributed by atoms with Crippen LogP contribution in [0.3, 0.4) is 0 Å². The molecule has 2 aromatic rings.